The van der Waals surface area contributed by atoms with Gasteiger partial charge in [-0.15, -0.1) is 0 Å². The molecular weight excluding hydrogens is 152 g/mol. The van der Waals surface area contributed by atoms with Crippen LogP contribution < -0.4 is 0 Å². The highest BCUT2D eigenvalue weighted by Gasteiger charge is 2.45. The molecule has 1 amide bonds. The van der Waals surface area contributed by atoms with Crippen LogP contribution in [0.3, 0.4) is 0 Å². The number of halogens is 2. The number of hydrogen-bond donors (Lipinski definition) is 0. The molecule has 4 heteroatoms. The highest BCUT2D eigenvalue weighted by Crippen LogP contribution is 2.32. The first-order chi connectivity index (χ1) is 4.93. The van der Waals surface area contributed by atoms with Crippen molar-refractivity contribution in [3.05, 3.63) is 0 Å². The molecule has 0 aliphatic carbocycles. The van der Waals surface area contributed by atoms with Crippen molar-refractivity contribution in [1.29, 1.82) is 0 Å². The monoisotopic (exact) mass is 163 g/mol. The highest BCUT2D eigenvalue weighted by molar-refractivity contribution is 5.73. The average molecular weight is 163 g/mol. The molecule has 1 rings (SSSR count). The first kappa shape index (κ1) is 8.43. The molecule has 0 spiro atoms. The molecule has 2 nitrogen and oxygen atoms in total. The van der Waals surface area contributed by atoms with E-state index in [1.165, 1.54) is 18.7 Å². The van der Waals surface area contributed by atoms with Crippen LogP contribution >= 0.6 is 0 Å². The Labute approximate surface area is 64.2 Å². The van der Waals surface area contributed by atoms with Gasteiger partial charge >= 0.3 is 0 Å². The van der Waals surface area contributed by atoms with Crippen molar-refractivity contribution in [2.45, 2.75) is 19.8 Å². The summed E-state index contributed by atoms with van der Waals surface area (Å²) in [5.74, 6) is -3.66. The molecule has 0 N–H and O–H groups in total. The molecule has 64 valence electrons. The van der Waals surface area contributed by atoms with Gasteiger partial charge in [0.05, 0.1) is 6.54 Å². The van der Waals surface area contributed by atoms with Gasteiger partial charge in [0.2, 0.25) is 5.91 Å². The summed E-state index contributed by atoms with van der Waals surface area (Å²) in [6.45, 7) is 2.54. The van der Waals surface area contributed by atoms with Gasteiger partial charge in [-0.3, -0.25) is 4.79 Å². The lowest BCUT2D eigenvalue weighted by molar-refractivity contribution is -0.129. The van der Waals surface area contributed by atoms with Crippen molar-refractivity contribution in [3.8, 4) is 0 Å². The highest BCUT2D eigenvalue weighted by atomic mass is 19.3. The van der Waals surface area contributed by atoms with Gasteiger partial charge in [0.1, 0.15) is 0 Å². The molecule has 0 unspecified atom stereocenters. The topological polar surface area (TPSA) is 20.3 Å². The molecule has 1 heterocycles. The van der Waals surface area contributed by atoms with Gasteiger partial charge in [-0.25, -0.2) is 8.78 Å². The Balaban J connectivity index is 2.64. The fraction of sp³-hybridized carbons (Fsp3) is 0.857. The largest absolute Gasteiger partial charge is 0.336 e. The Bertz CT molecular complexity index is 181. The second-order valence-electron chi connectivity index (χ2n) is 3.06. The zero-order valence-corrected chi connectivity index (χ0v) is 6.60. The maximum absolute atomic E-state index is 12.8. The summed E-state index contributed by atoms with van der Waals surface area (Å²) in [6.07, 6.45) is 0. The number of amides is 1. The van der Waals surface area contributed by atoms with Gasteiger partial charge < -0.3 is 4.90 Å². The van der Waals surface area contributed by atoms with Crippen LogP contribution in [0.2, 0.25) is 0 Å². The standard InChI is InChI=1S/C7H11F2NO/c1-5-3-10(6(2)11)4-7(5,8)9/h5H,3-4H2,1-2H3/t5-/m1/s1. The summed E-state index contributed by atoms with van der Waals surface area (Å²) in [5, 5.41) is 0. The molecule has 1 atom stereocenters. The second-order valence-corrected chi connectivity index (χ2v) is 3.06. The fourth-order valence-electron chi connectivity index (χ4n) is 1.18. The van der Waals surface area contributed by atoms with Gasteiger partial charge in [0, 0.05) is 19.4 Å². The number of carbonyl (C=O) groups excluding carboxylic acids is 1. The van der Waals surface area contributed by atoms with Crippen LogP contribution in [0.1, 0.15) is 13.8 Å². The van der Waals surface area contributed by atoms with E-state index in [1.807, 2.05) is 0 Å². The van der Waals surface area contributed by atoms with Crippen molar-refractivity contribution in [2.75, 3.05) is 13.1 Å². The van der Waals surface area contributed by atoms with Crippen molar-refractivity contribution >= 4 is 5.91 Å². The first-order valence-electron chi connectivity index (χ1n) is 3.57. The summed E-state index contributed by atoms with van der Waals surface area (Å²) in [5.41, 5.74) is 0. The number of rotatable bonds is 0. The van der Waals surface area contributed by atoms with Crippen LogP contribution in [-0.4, -0.2) is 29.8 Å². The molecule has 0 aromatic heterocycles. The van der Waals surface area contributed by atoms with E-state index in [0.717, 1.165) is 0 Å². The van der Waals surface area contributed by atoms with E-state index < -0.39 is 18.4 Å². The number of alkyl halides is 2. The van der Waals surface area contributed by atoms with Crippen molar-refractivity contribution < 1.29 is 13.6 Å². The van der Waals surface area contributed by atoms with E-state index in [9.17, 15) is 13.6 Å². The average Bonchev–Trinajstić information content (AvgIpc) is 2.08. The van der Waals surface area contributed by atoms with Gasteiger partial charge in [-0.2, -0.15) is 0 Å². The lowest BCUT2D eigenvalue weighted by Crippen LogP contribution is -2.29. The SMILES string of the molecule is CC(=O)N1C[C@@H](C)C(F)(F)C1. The third-order valence-corrected chi connectivity index (χ3v) is 2.06. The molecule has 1 fully saturated rings. The van der Waals surface area contributed by atoms with E-state index >= 15 is 0 Å². The number of carbonyl (C=O) groups is 1. The van der Waals surface area contributed by atoms with E-state index in [1.54, 1.807) is 0 Å². The Kier molecular flexibility index (Phi) is 1.86. The quantitative estimate of drug-likeness (QED) is 0.524. The van der Waals surface area contributed by atoms with Gasteiger partial charge in [0.15, 0.2) is 0 Å². The van der Waals surface area contributed by atoms with E-state index in [0.29, 0.717) is 0 Å². The molecule has 11 heavy (non-hydrogen) atoms. The van der Waals surface area contributed by atoms with Crippen LogP contribution in [0.4, 0.5) is 8.78 Å². The molecule has 0 saturated carbocycles. The van der Waals surface area contributed by atoms with Crippen LogP contribution in [0.5, 0.6) is 0 Å². The summed E-state index contributed by atoms with van der Waals surface area (Å²) >= 11 is 0. The number of likely N-dealkylation sites (tertiary alicyclic amines) is 1. The van der Waals surface area contributed by atoms with Crippen molar-refractivity contribution in [2.24, 2.45) is 5.92 Å². The first-order valence-corrected chi connectivity index (χ1v) is 3.57. The van der Waals surface area contributed by atoms with Crippen LogP contribution in [0, 0.1) is 5.92 Å². The molecule has 1 saturated heterocycles. The molecule has 0 aromatic rings. The minimum atomic E-state index is -2.69. The molecule has 0 radical (unpaired) electrons. The molecule has 0 bridgehead atoms. The summed E-state index contributed by atoms with van der Waals surface area (Å²) in [6, 6.07) is 0. The summed E-state index contributed by atoms with van der Waals surface area (Å²) in [4.78, 5) is 11.9. The Morgan fingerprint density at radius 1 is 1.64 bits per heavy atom. The lowest BCUT2D eigenvalue weighted by atomic mass is 10.1. The zero-order chi connectivity index (χ0) is 8.65. The third-order valence-electron chi connectivity index (χ3n) is 2.06. The van der Waals surface area contributed by atoms with E-state index in [2.05, 4.69) is 0 Å². The maximum atomic E-state index is 12.8. The van der Waals surface area contributed by atoms with Gasteiger partial charge in [-0.1, -0.05) is 6.92 Å². The predicted octanol–water partition coefficient (Wildman–Crippen LogP) is 1.12. The fourth-order valence-corrected chi connectivity index (χ4v) is 1.18. The Hall–Kier alpha value is -0.670. The van der Waals surface area contributed by atoms with Gasteiger partial charge in [-0.05, 0) is 0 Å². The number of hydrogen-bond acceptors (Lipinski definition) is 1. The van der Waals surface area contributed by atoms with Crippen molar-refractivity contribution in [1.82, 2.24) is 4.90 Å². The molecular formula is C7H11F2NO. The minimum Gasteiger partial charge on any atom is -0.336 e. The second kappa shape index (κ2) is 2.43. The lowest BCUT2D eigenvalue weighted by Gasteiger charge is -2.12. The Morgan fingerprint density at radius 3 is 2.36 bits per heavy atom. The van der Waals surface area contributed by atoms with Crippen molar-refractivity contribution in [3.63, 3.8) is 0 Å². The minimum absolute atomic E-state index is 0.183. The van der Waals surface area contributed by atoms with E-state index in [4.69, 9.17) is 0 Å². The number of nitrogens with zero attached hydrogens (tertiary/aromatic N) is 1. The molecule has 1 aliphatic rings. The van der Waals surface area contributed by atoms with E-state index in [-0.39, 0.29) is 12.5 Å². The molecule has 0 aromatic carbocycles. The maximum Gasteiger partial charge on any atom is 0.269 e. The van der Waals surface area contributed by atoms with Gasteiger partial charge in [0.25, 0.3) is 5.92 Å². The van der Waals surface area contributed by atoms with Crippen LogP contribution in [0.15, 0.2) is 0 Å². The third kappa shape index (κ3) is 1.49. The molecule has 1 aliphatic heterocycles. The summed E-state index contributed by atoms with van der Waals surface area (Å²) < 4.78 is 25.5. The predicted molar refractivity (Wildman–Crippen MR) is 36.4 cm³/mol. The zero-order valence-electron chi connectivity index (χ0n) is 6.60. The summed E-state index contributed by atoms with van der Waals surface area (Å²) in [7, 11) is 0. The van der Waals surface area contributed by atoms with Crippen LogP contribution in [0.25, 0.3) is 0 Å². The van der Waals surface area contributed by atoms with Crippen LogP contribution in [-0.2, 0) is 4.79 Å². The normalized spacial score (nSPS) is 29.1. The smallest absolute Gasteiger partial charge is 0.269 e. The Morgan fingerprint density at radius 2 is 2.18 bits per heavy atom.